The quantitative estimate of drug-likeness (QED) is 0.885. The maximum Gasteiger partial charge on any atom is 0.131 e. The van der Waals surface area contributed by atoms with Crippen LogP contribution in [-0.2, 0) is 13.0 Å². The van der Waals surface area contributed by atoms with E-state index in [4.69, 9.17) is 5.73 Å². The van der Waals surface area contributed by atoms with Crippen LogP contribution in [0.2, 0.25) is 0 Å². The summed E-state index contributed by atoms with van der Waals surface area (Å²) in [7, 11) is 0. The lowest BCUT2D eigenvalue weighted by Crippen LogP contribution is -2.04. The first-order valence-corrected chi connectivity index (χ1v) is 7.09. The molecule has 2 N–H and O–H groups in total. The third-order valence-electron chi connectivity index (χ3n) is 3.57. The standard InChI is InChI=1S/C16H23N3/c1-4-6-11-19-12(3)18-15(16(19)17)14-9-7-13(5-2)8-10-14/h7-10H,4-6,11,17H2,1-3H3. The van der Waals surface area contributed by atoms with E-state index >= 15 is 0 Å². The summed E-state index contributed by atoms with van der Waals surface area (Å²) in [6, 6.07) is 8.52. The van der Waals surface area contributed by atoms with Crippen LogP contribution in [0.5, 0.6) is 0 Å². The summed E-state index contributed by atoms with van der Waals surface area (Å²) < 4.78 is 2.12. The molecule has 0 saturated carbocycles. The van der Waals surface area contributed by atoms with Crippen LogP contribution < -0.4 is 5.73 Å². The van der Waals surface area contributed by atoms with Crippen LogP contribution in [0.3, 0.4) is 0 Å². The van der Waals surface area contributed by atoms with E-state index in [1.165, 1.54) is 5.56 Å². The fourth-order valence-electron chi connectivity index (χ4n) is 2.29. The highest BCUT2D eigenvalue weighted by atomic mass is 15.1. The van der Waals surface area contributed by atoms with Crippen molar-refractivity contribution >= 4 is 5.82 Å². The molecule has 0 unspecified atom stereocenters. The molecule has 0 aliphatic heterocycles. The normalized spacial score (nSPS) is 10.9. The van der Waals surface area contributed by atoms with E-state index in [1.54, 1.807) is 0 Å². The van der Waals surface area contributed by atoms with Crippen molar-refractivity contribution in [1.82, 2.24) is 9.55 Å². The van der Waals surface area contributed by atoms with Gasteiger partial charge in [-0.2, -0.15) is 0 Å². The van der Waals surface area contributed by atoms with Crippen molar-refractivity contribution < 1.29 is 0 Å². The highest BCUT2D eigenvalue weighted by molar-refractivity contribution is 5.71. The van der Waals surface area contributed by atoms with Crippen molar-refractivity contribution in [2.45, 2.75) is 46.6 Å². The van der Waals surface area contributed by atoms with Gasteiger partial charge in [0.1, 0.15) is 17.3 Å². The number of nitrogens with zero attached hydrogens (tertiary/aromatic N) is 2. The summed E-state index contributed by atoms with van der Waals surface area (Å²) in [5.74, 6) is 1.79. The zero-order chi connectivity index (χ0) is 13.8. The zero-order valence-electron chi connectivity index (χ0n) is 12.1. The summed E-state index contributed by atoms with van der Waals surface area (Å²) in [5.41, 5.74) is 9.60. The Morgan fingerprint density at radius 1 is 1.16 bits per heavy atom. The molecular formula is C16H23N3. The molecule has 2 aromatic rings. The van der Waals surface area contributed by atoms with Crippen LogP contribution in [0.1, 0.15) is 38.1 Å². The molecule has 0 radical (unpaired) electrons. The van der Waals surface area contributed by atoms with Gasteiger partial charge in [0, 0.05) is 12.1 Å². The van der Waals surface area contributed by atoms with Crippen molar-refractivity contribution in [2.24, 2.45) is 0 Å². The van der Waals surface area contributed by atoms with Gasteiger partial charge >= 0.3 is 0 Å². The first-order chi connectivity index (χ1) is 9.17. The summed E-state index contributed by atoms with van der Waals surface area (Å²) in [4.78, 5) is 4.63. The molecule has 1 aromatic heterocycles. The van der Waals surface area contributed by atoms with Crippen LogP contribution in [-0.4, -0.2) is 9.55 Å². The fourth-order valence-corrected chi connectivity index (χ4v) is 2.29. The average molecular weight is 257 g/mol. The van der Waals surface area contributed by atoms with E-state index in [0.717, 1.165) is 48.7 Å². The molecule has 19 heavy (non-hydrogen) atoms. The Morgan fingerprint density at radius 2 is 1.84 bits per heavy atom. The van der Waals surface area contributed by atoms with Gasteiger partial charge in [0.2, 0.25) is 0 Å². The van der Waals surface area contributed by atoms with Gasteiger partial charge < -0.3 is 10.3 Å². The SMILES string of the molecule is CCCCn1c(C)nc(-c2ccc(CC)cc2)c1N. The molecule has 1 heterocycles. The molecule has 102 valence electrons. The highest BCUT2D eigenvalue weighted by Gasteiger charge is 2.12. The first-order valence-electron chi connectivity index (χ1n) is 7.09. The fraction of sp³-hybridized carbons (Fsp3) is 0.438. The van der Waals surface area contributed by atoms with Crippen molar-refractivity contribution in [2.75, 3.05) is 5.73 Å². The molecule has 0 bridgehead atoms. The Bertz CT molecular complexity index is 538. The molecule has 1 aromatic carbocycles. The van der Waals surface area contributed by atoms with E-state index in [-0.39, 0.29) is 0 Å². The van der Waals surface area contributed by atoms with Crippen molar-refractivity contribution in [1.29, 1.82) is 0 Å². The predicted molar refractivity (Wildman–Crippen MR) is 81.1 cm³/mol. The van der Waals surface area contributed by atoms with Gasteiger partial charge in [0.05, 0.1) is 0 Å². The molecule has 0 atom stereocenters. The van der Waals surface area contributed by atoms with Gasteiger partial charge in [0.15, 0.2) is 0 Å². The number of aromatic nitrogens is 2. The molecule has 2 rings (SSSR count). The smallest absolute Gasteiger partial charge is 0.131 e. The monoisotopic (exact) mass is 257 g/mol. The second-order valence-electron chi connectivity index (χ2n) is 4.95. The first kappa shape index (κ1) is 13.7. The largest absolute Gasteiger partial charge is 0.383 e. The average Bonchev–Trinajstić information content (AvgIpc) is 2.72. The Morgan fingerprint density at radius 3 is 2.42 bits per heavy atom. The lowest BCUT2D eigenvalue weighted by molar-refractivity contribution is 0.622. The minimum absolute atomic E-state index is 0.787. The van der Waals surface area contributed by atoms with Gasteiger partial charge in [0.25, 0.3) is 0 Å². The summed E-state index contributed by atoms with van der Waals surface area (Å²) in [6.07, 6.45) is 3.35. The van der Waals surface area contributed by atoms with E-state index in [0.29, 0.717) is 0 Å². The number of aryl methyl sites for hydroxylation is 2. The number of anilines is 1. The summed E-state index contributed by atoms with van der Waals surface area (Å²) in [5, 5.41) is 0. The van der Waals surface area contributed by atoms with E-state index < -0.39 is 0 Å². The molecule has 0 spiro atoms. The van der Waals surface area contributed by atoms with E-state index in [1.807, 2.05) is 6.92 Å². The number of nitrogen functional groups attached to an aromatic ring is 1. The number of unbranched alkanes of at least 4 members (excludes halogenated alkanes) is 1. The molecule has 0 fully saturated rings. The second-order valence-corrected chi connectivity index (χ2v) is 4.95. The van der Waals surface area contributed by atoms with E-state index in [9.17, 15) is 0 Å². The Hall–Kier alpha value is -1.77. The van der Waals surface area contributed by atoms with Crippen LogP contribution >= 0.6 is 0 Å². The van der Waals surface area contributed by atoms with Crippen molar-refractivity contribution in [3.05, 3.63) is 35.7 Å². The zero-order valence-corrected chi connectivity index (χ0v) is 12.1. The summed E-state index contributed by atoms with van der Waals surface area (Å²) in [6.45, 7) is 7.32. The Balaban J connectivity index is 2.33. The maximum atomic E-state index is 6.25. The van der Waals surface area contributed by atoms with Crippen LogP contribution in [0.15, 0.2) is 24.3 Å². The lowest BCUT2D eigenvalue weighted by atomic mass is 10.1. The number of hydrogen-bond donors (Lipinski definition) is 1. The molecular weight excluding hydrogens is 234 g/mol. The molecule has 0 saturated heterocycles. The second kappa shape index (κ2) is 5.91. The maximum absolute atomic E-state index is 6.25. The van der Waals surface area contributed by atoms with Crippen LogP contribution in [0.4, 0.5) is 5.82 Å². The van der Waals surface area contributed by atoms with Gasteiger partial charge in [-0.1, -0.05) is 44.5 Å². The number of hydrogen-bond acceptors (Lipinski definition) is 2. The molecule has 3 heteroatoms. The van der Waals surface area contributed by atoms with Crippen molar-refractivity contribution in [3.8, 4) is 11.3 Å². The molecule has 0 aliphatic carbocycles. The molecule has 0 aliphatic rings. The number of imidazole rings is 1. The van der Waals surface area contributed by atoms with Crippen LogP contribution in [0.25, 0.3) is 11.3 Å². The van der Waals surface area contributed by atoms with Crippen molar-refractivity contribution in [3.63, 3.8) is 0 Å². The minimum Gasteiger partial charge on any atom is -0.383 e. The molecule has 0 amide bonds. The van der Waals surface area contributed by atoms with Gasteiger partial charge in [-0.15, -0.1) is 0 Å². The van der Waals surface area contributed by atoms with Gasteiger partial charge in [-0.05, 0) is 25.3 Å². The Labute approximate surface area is 115 Å². The van der Waals surface area contributed by atoms with Gasteiger partial charge in [-0.25, -0.2) is 4.98 Å². The highest BCUT2D eigenvalue weighted by Crippen LogP contribution is 2.26. The topological polar surface area (TPSA) is 43.8 Å². The summed E-state index contributed by atoms with van der Waals surface area (Å²) >= 11 is 0. The third-order valence-corrected chi connectivity index (χ3v) is 3.57. The van der Waals surface area contributed by atoms with Crippen LogP contribution in [0, 0.1) is 6.92 Å². The third kappa shape index (κ3) is 2.80. The number of rotatable bonds is 5. The Kier molecular flexibility index (Phi) is 4.25. The van der Waals surface area contributed by atoms with Gasteiger partial charge in [-0.3, -0.25) is 0 Å². The minimum atomic E-state index is 0.787. The predicted octanol–water partition coefficient (Wildman–Crippen LogP) is 3.80. The lowest BCUT2D eigenvalue weighted by Gasteiger charge is -2.06. The molecule has 3 nitrogen and oxygen atoms in total. The van der Waals surface area contributed by atoms with E-state index in [2.05, 4.69) is 47.7 Å². The number of benzene rings is 1. The number of nitrogens with two attached hydrogens (primary N) is 1.